The Bertz CT molecular complexity index is 745. The Morgan fingerprint density at radius 2 is 1.27 bits per heavy atom. The fraction of sp³-hybridized carbons (Fsp3) is 0.300. The van der Waals surface area contributed by atoms with Crippen LogP contribution in [0.3, 0.4) is 0 Å². The molecule has 0 spiro atoms. The van der Waals surface area contributed by atoms with Gasteiger partial charge in [0.2, 0.25) is 0 Å². The van der Waals surface area contributed by atoms with Crippen molar-refractivity contribution in [3.8, 4) is 0 Å². The Morgan fingerprint density at radius 3 is 1.81 bits per heavy atom. The second kappa shape index (κ2) is 8.12. The highest BCUT2D eigenvalue weighted by Crippen LogP contribution is 2.26. The predicted molar refractivity (Wildman–Crippen MR) is 92.5 cm³/mol. The van der Waals surface area contributed by atoms with Crippen molar-refractivity contribution in [1.82, 2.24) is 0 Å². The van der Waals surface area contributed by atoms with Gasteiger partial charge in [-0.25, -0.2) is 9.59 Å². The van der Waals surface area contributed by atoms with Gasteiger partial charge in [0.25, 0.3) is 0 Å². The van der Waals surface area contributed by atoms with Crippen molar-refractivity contribution in [2.75, 3.05) is 0 Å². The number of hydrogen-bond donors (Lipinski definition) is 2. The van der Waals surface area contributed by atoms with Crippen LogP contribution in [0.1, 0.15) is 33.6 Å². The zero-order valence-electron chi connectivity index (χ0n) is 14.0. The van der Waals surface area contributed by atoms with E-state index < -0.39 is 36.4 Å². The first-order valence-electron chi connectivity index (χ1n) is 8.43. The van der Waals surface area contributed by atoms with Crippen molar-refractivity contribution in [2.24, 2.45) is 0 Å². The molecule has 0 bridgehead atoms. The average Bonchev–Trinajstić information content (AvgIpc) is 2.67. The van der Waals surface area contributed by atoms with Crippen molar-refractivity contribution >= 4 is 11.9 Å². The zero-order chi connectivity index (χ0) is 18.5. The van der Waals surface area contributed by atoms with E-state index in [-0.39, 0.29) is 12.8 Å². The first-order valence-corrected chi connectivity index (χ1v) is 8.43. The van der Waals surface area contributed by atoms with Gasteiger partial charge >= 0.3 is 11.9 Å². The molecule has 136 valence electrons. The summed E-state index contributed by atoms with van der Waals surface area (Å²) >= 11 is 0. The maximum atomic E-state index is 12.2. The average molecular weight is 356 g/mol. The summed E-state index contributed by atoms with van der Waals surface area (Å²) in [6.45, 7) is 0. The summed E-state index contributed by atoms with van der Waals surface area (Å²) < 4.78 is 10.7. The minimum Gasteiger partial charge on any atom is -0.459 e. The van der Waals surface area contributed by atoms with Crippen LogP contribution in [0.5, 0.6) is 0 Å². The molecule has 4 atom stereocenters. The van der Waals surface area contributed by atoms with E-state index in [4.69, 9.17) is 9.47 Å². The molecule has 1 aliphatic rings. The summed E-state index contributed by atoms with van der Waals surface area (Å²) in [5, 5.41) is 20.2. The molecule has 2 aromatic carbocycles. The summed E-state index contributed by atoms with van der Waals surface area (Å²) in [4.78, 5) is 24.4. The molecule has 1 saturated carbocycles. The monoisotopic (exact) mass is 356 g/mol. The van der Waals surface area contributed by atoms with Gasteiger partial charge in [-0.15, -0.1) is 0 Å². The van der Waals surface area contributed by atoms with E-state index in [1.807, 2.05) is 0 Å². The van der Waals surface area contributed by atoms with Crippen LogP contribution in [0, 0.1) is 0 Å². The van der Waals surface area contributed by atoms with Crippen molar-refractivity contribution < 1.29 is 29.3 Å². The van der Waals surface area contributed by atoms with Gasteiger partial charge in [-0.1, -0.05) is 36.4 Å². The topological polar surface area (TPSA) is 93.1 Å². The number of ether oxygens (including phenoxy) is 2. The third kappa shape index (κ3) is 4.28. The lowest BCUT2D eigenvalue weighted by atomic mass is 9.89. The molecule has 6 heteroatoms. The minimum absolute atomic E-state index is 0.0825. The van der Waals surface area contributed by atoms with Crippen LogP contribution in [0.4, 0.5) is 0 Å². The zero-order valence-corrected chi connectivity index (χ0v) is 14.0. The number of carbonyl (C=O) groups excluding carboxylic acids is 2. The molecule has 3 rings (SSSR count). The Morgan fingerprint density at radius 1 is 0.769 bits per heavy atom. The molecule has 0 aromatic heterocycles. The van der Waals surface area contributed by atoms with E-state index in [2.05, 4.69) is 0 Å². The molecular weight excluding hydrogens is 336 g/mol. The van der Waals surface area contributed by atoms with Gasteiger partial charge in [-0.05, 0) is 24.3 Å². The van der Waals surface area contributed by atoms with Crippen molar-refractivity contribution in [3.05, 3.63) is 71.8 Å². The molecule has 1 fully saturated rings. The molecule has 2 aromatic rings. The first kappa shape index (κ1) is 18.1. The summed E-state index contributed by atoms with van der Waals surface area (Å²) in [6.07, 6.45) is -3.79. The Balaban J connectivity index is 1.65. The number of aliphatic hydroxyl groups is 2. The third-order valence-electron chi connectivity index (χ3n) is 4.33. The summed E-state index contributed by atoms with van der Waals surface area (Å²) in [5.74, 6) is -1.12. The Hall–Kier alpha value is -2.70. The summed E-state index contributed by atoms with van der Waals surface area (Å²) in [7, 11) is 0. The van der Waals surface area contributed by atoms with E-state index in [1.165, 1.54) is 0 Å². The van der Waals surface area contributed by atoms with E-state index >= 15 is 0 Å². The molecule has 2 N–H and O–H groups in total. The number of carbonyl (C=O) groups is 2. The highest BCUT2D eigenvalue weighted by atomic mass is 16.6. The maximum absolute atomic E-state index is 12.2. The van der Waals surface area contributed by atoms with Gasteiger partial charge in [-0.2, -0.15) is 0 Å². The quantitative estimate of drug-likeness (QED) is 0.814. The fourth-order valence-corrected chi connectivity index (χ4v) is 2.94. The maximum Gasteiger partial charge on any atom is 0.338 e. The number of esters is 2. The fourth-order valence-electron chi connectivity index (χ4n) is 2.94. The molecule has 0 aliphatic heterocycles. The number of benzene rings is 2. The lowest BCUT2D eigenvalue weighted by molar-refractivity contribution is -0.123. The SMILES string of the molecule is O=C(OC1CC(O)C(O)C(OC(=O)c2ccccc2)C1)c1ccccc1. The van der Waals surface area contributed by atoms with Gasteiger partial charge in [0.15, 0.2) is 0 Å². The van der Waals surface area contributed by atoms with Crippen LogP contribution >= 0.6 is 0 Å². The molecule has 0 radical (unpaired) electrons. The van der Waals surface area contributed by atoms with Crippen LogP contribution in [0.25, 0.3) is 0 Å². The number of rotatable bonds is 4. The standard InChI is InChI=1S/C20H20O6/c21-16-11-15(25-19(23)13-7-3-1-4-8-13)12-17(18(16)22)26-20(24)14-9-5-2-6-10-14/h1-10,15-18,21-22H,11-12H2. The summed E-state index contributed by atoms with van der Waals surface area (Å²) in [6, 6.07) is 16.9. The van der Waals surface area contributed by atoms with Crippen molar-refractivity contribution in [1.29, 1.82) is 0 Å². The van der Waals surface area contributed by atoms with E-state index in [9.17, 15) is 19.8 Å². The van der Waals surface area contributed by atoms with Crippen LogP contribution in [-0.2, 0) is 9.47 Å². The van der Waals surface area contributed by atoms with Gasteiger partial charge < -0.3 is 19.7 Å². The van der Waals surface area contributed by atoms with E-state index in [0.29, 0.717) is 11.1 Å². The molecular formula is C20H20O6. The highest BCUT2D eigenvalue weighted by molar-refractivity contribution is 5.90. The largest absolute Gasteiger partial charge is 0.459 e. The lowest BCUT2D eigenvalue weighted by Crippen LogP contribution is -2.49. The first-order chi connectivity index (χ1) is 12.5. The molecule has 6 nitrogen and oxygen atoms in total. The molecule has 0 amide bonds. The van der Waals surface area contributed by atoms with E-state index in [1.54, 1.807) is 60.7 Å². The number of hydrogen-bond acceptors (Lipinski definition) is 6. The molecule has 1 aliphatic carbocycles. The predicted octanol–water partition coefficient (Wildman–Crippen LogP) is 1.95. The van der Waals surface area contributed by atoms with Crippen LogP contribution in [-0.4, -0.2) is 46.6 Å². The highest BCUT2D eigenvalue weighted by Gasteiger charge is 2.40. The van der Waals surface area contributed by atoms with Gasteiger partial charge in [0.1, 0.15) is 18.3 Å². The van der Waals surface area contributed by atoms with Gasteiger partial charge in [-0.3, -0.25) is 0 Å². The summed E-state index contributed by atoms with van der Waals surface area (Å²) in [5.41, 5.74) is 0.739. The third-order valence-corrected chi connectivity index (χ3v) is 4.33. The second-order valence-corrected chi connectivity index (χ2v) is 6.23. The van der Waals surface area contributed by atoms with E-state index in [0.717, 1.165) is 0 Å². The smallest absolute Gasteiger partial charge is 0.338 e. The van der Waals surface area contributed by atoms with Gasteiger partial charge in [0.05, 0.1) is 17.2 Å². The van der Waals surface area contributed by atoms with Crippen molar-refractivity contribution in [2.45, 2.75) is 37.3 Å². The normalized spacial score (nSPS) is 25.3. The molecule has 4 unspecified atom stereocenters. The lowest BCUT2D eigenvalue weighted by Gasteiger charge is -2.35. The van der Waals surface area contributed by atoms with Crippen LogP contribution in [0.2, 0.25) is 0 Å². The molecule has 0 heterocycles. The Labute approximate surface area is 151 Å². The van der Waals surface area contributed by atoms with Gasteiger partial charge in [0, 0.05) is 12.8 Å². The minimum atomic E-state index is -1.23. The molecule has 0 saturated heterocycles. The number of aliphatic hydroxyl groups excluding tert-OH is 2. The Kier molecular flexibility index (Phi) is 5.65. The van der Waals surface area contributed by atoms with Crippen LogP contribution < -0.4 is 0 Å². The van der Waals surface area contributed by atoms with Crippen LogP contribution in [0.15, 0.2) is 60.7 Å². The second-order valence-electron chi connectivity index (χ2n) is 6.23. The molecule has 26 heavy (non-hydrogen) atoms. The van der Waals surface area contributed by atoms with Crippen molar-refractivity contribution in [3.63, 3.8) is 0 Å².